The van der Waals surface area contributed by atoms with E-state index in [1.807, 2.05) is 0 Å². The van der Waals surface area contributed by atoms with Crippen LogP contribution in [-0.2, 0) is 6.18 Å². The second-order valence-electron chi connectivity index (χ2n) is 4.47. The summed E-state index contributed by atoms with van der Waals surface area (Å²) in [7, 11) is -1.51. The molecule has 0 aliphatic heterocycles. The Morgan fingerprint density at radius 3 is 1.71 bits per heavy atom. The highest BCUT2D eigenvalue weighted by molar-refractivity contribution is 6.48. The fraction of sp³-hybridized carbons (Fsp3) is 0.0667. The molecule has 0 bridgehead atoms. The number of rotatable bonds is 3. The molecular weight excluding hydrogens is 280 g/mol. The van der Waals surface area contributed by atoms with Gasteiger partial charge in [0.05, 0.1) is 5.56 Å². The van der Waals surface area contributed by atoms with Crippen molar-refractivity contribution >= 4 is 13.2 Å². The molecule has 0 heterocycles. The van der Waals surface area contributed by atoms with Gasteiger partial charge in [0.15, 0.2) is 0 Å². The molecule has 0 unspecified atom stereocenters. The lowest BCUT2D eigenvalue weighted by atomic mass is 9.90. The predicted molar refractivity (Wildman–Crippen MR) is 76.1 cm³/mol. The van der Waals surface area contributed by atoms with Gasteiger partial charge in [0, 0.05) is 0 Å². The van der Waals surface area contributed by atoms with Crippen molar-refractivity contribution in [3.8, 4) is 11.1 Å². The smallest absolute Gasteiger partial charge is 0.424 e. The van der Waals surface area contributed by atoms with Crippen molar-refractivity contribution in [3.05, 3.63) is 65.6 Å². The minimum absolute atomic E-state index is 0.678. The molecule has 0 aromatic heterocycles. The van der Waals surface area contributed by atoms with Crippen LogP contribution < -0.4 is 0 Å². The van der Waals surface area contributed by atoms with E-state index in [0.717, 1.165) is 23.3 Å². The Kier molecular flexibility index (Phi) is 4.50. The van der Waals surface area contributed by atoms with Crippen molar-refractivity contribution in [2.45, 2.75) is 6.18 Å². The number of halogens is 3. The molecule has 2 N–H and O–H groups in total. The number of alkyl halides is 3. The van der Waals surface area contributed by atoms with Gasteiger partial charge in [-0.05, 0) is 28.8 Å². The Morgan fingerprint density at radius 1 is 0.810 bits per heavy atom. The van der Waals surface area contributed by atoms with Crippen LogP contribution in [0.2, 0.25) is 0 Å². The second kappa shape index (κ2) is 6.16. The lowest BCUT2D eigenvalue weighted by Crippen LogP contribution is -2.05. The van der Waals surface area contributed by atoms with Gasteiger partial charge in [0.25, 0.3) is 0 Å². The van der Waals surface area contributed by atoms with E-state index in [-0.39, 0.29) is 0 Å². The van der Waals surface area contributed by atoms with Gasteiger partial charge < -0.3 is 10.0 Å². The zero-order chi connectivity index (χ0) is 15.5. The van der Waals surface area contributed by atoms with Crippen molar-refractivity contribution in [3.63, 3.8) is 0 Å². The summed E-state index contributed by atoms with van der Waals surface area (Å²) in [5, 5.41) is 17.4. The molecular formula is C15H12BF3O2. The van der Waals surface area contributed by atoms with Crippen LogP contribution in [0.3, 0.4) is 0 Å². The fourth-order valence-electron chi connectivity index (χ4n) is 1.84. The molecule has 2 rings (SSSR count). The van der Waals surface area contributed by atoms with Crippen molar-refractivity contribution in [1.82, 2.24) is 0 Å². The maximum Gasteiger partial charge on any atom is 0.480 e. The molecule has 21 heavy (non-hydrogen) atoms. The van der Waals surface area contributed by atoms with Crippen LogP contribution in [0.4, 0.5) is 13.2 Å². The third kappa shape index (κ3) is 4.21. The molecule has 0 radical (unpaired) electrons. The van der Waals surface area contributed by atoms with Crippen LogP contribution in [0.15, 0.2) is 54.5 Å². The van der Waals surface area contributed by atoms with Gasteiger partial charge in [-0.15, -0.1) is 0 Å². The topological polar surface area (TPSA) is 40.5 Å². The van der Waals surface area contributed by atoms with Crippen LogP contribution in [0.25, 0.3) is 17.2 Å². The van der Waals surface area contributed by atoms with Gasteiger partial charge in [0.1, 0.15) is 0 Å². The van der Waals surface area contributed by atoms with Crippen molar-refractivity contribution in [2.24, 2.45) is 0 Å². The van der Waals surface area contributed by atoms with Crippen molar-refractivity contribution < 1.29 is 23.2 Å². The van der Waals surface area contributed by atoms with E-state index < -0.39 is 18.9 Å². The third-order valence-corrected chi connectivity index (χ3v) is 2.92. The Morgan fingerprint density at radius 2 is 1.29 bits per heavy atom. The molecule has 2 aromatic rings. The lowest BCUT2D eigenvalue weighted by Gasteiger charge is -2.08. The van der Waals surface area contributed by atoms with Crippen molar-refractivity contribution in [2.75, 3.05) is 0 Å². The molecule has 0 aliphatic carbocycles. The highest BCUT2D eigenvalue weighted by Crippen LogP contribution is 2.31. The molecule has 0 spiro atoms. The first-order valence-electron chi connectivity index (χ1n) is 6.18. The summed E-state index contributed by atoms with van der Waals surface area (Å²) in [6, 6.07) is 11.9. The second-order valence-corrected chi connectivity index (χ2v) is 4.47. The zero-order valence-corrected chi connectivity index (χ0v) is 10.9. The van der Waals surface area contributed by atoms with Crippen LogP contribution in [0.1, 0.15) is 11.1 Å². The average Bonchev–Trinajstić information content (AvgIpc) is 2.45. The first-order chi connectivity index (χ1) is 9.86. The zero-order valence-electron chi connectivity index (χ0n) is 10.9. The van der Waals surface area contributed by atoms with E-state index in [2.05, 4.69) is 0 Å². The highest BCUT2D eigenvalue weighted by atomic mass is 19.4. The highest BCUT2D eigenvalue weighted by Gasteiger charge is 2.29. The Hall–Kier alpha value is -2.05. The number of hydrogen-bond acceptors (Lipinski definition) is 2. The normalized spacial score (nSPS) is 11.9. The third-order valence-electron chi connectivity index (χ3n) is 2.92. The summed E-state index contributed by atoms with van der Waals surface area (Å²) in [6.07, 6.45) is -2.79. The minimum atomic E-state index is -4.34. The van der Waals surface area contributed by atoms with Gasteiger partial charge in [-0.1, -0.05) is 48.4 Å². The van der Waals surface area contributed by atoms with Gasteiger partial charge >= 0.3 is 13.3 Å². The van der Waals surface area contributed by atoms with Crippen molar-refractivity contribution in [1.29, 1.82) is 0 Å². The monoisotopic (exact) mass is 292 g/mol. The first kappa shape index (κ1) is 15.3. The van der Waals surface area contributed by atoms with Crippen LogP contribution in [-0.4, -0.2) is 17.2 Å². The van der Waals surface area contributed by atoms with E-state index in [4.69, 9.17) is 10.0 Å². The fourth-order valence-corrected chi connectivity index (χ4v) is 1.84. The Balaban J connectivity index is 2.19. The number of hydrogen-bond donors (Lipinski definition) is 2. The molecule has 108 valence electrons. The van der Waals surface area contributed by atoms with E-state index in [0.29, 0.717) is 5.56 Å². The van der Waals surface area contributed by atoms with Gasteiger partial charge in [-0.2, -0.15) is 13.2 Å². The largest absolute Gasteiger partial charge is 0.480 e. The summed E-state index contributed by atoms with van der Waals surface area (Å²) >= 11 is 0. The molecule has 6 heteroatoms. The molecule has 0 amide bonds. The summed E-state index contributed by atoms with van der Waals surface area (Å²) in [6.45, 7) is 0. The number of benzene rings is 2. The van der Waals surface area contributed by atoms with Gasteiger partial charge in [0.2, 0.25) is 0 Å². The summed E-state index contributed by atoms with van der Waals surface area (Å²) in [5.74, 6) is 1.22. The molecule has 0 fully saturated rings. The summed E-state index contributed by atoms with van der Waals surface area (Å²) in [4.78, 5) is 0. The Bertz CT molecular complexity index is 617. The van der Waals surface area contributed by atoms with Crippen LogP contribution in [0.5, 0.6) is 0 Å². The molecule has 0 saturated carbocycles. The van der Waals surface area contributed by atoms with Crippen LogP contribution >= 0.6 is 0 Å². The molecule has 0 aliphatic rings. The summed E-state index contributed by atoms with van der Waals surface area (Å²) in [5.41, 5.74) is 1.55. The standard InChI is InChI=1S/C15H12BF3O2/c17-15(18,19)14-7-5-13(6-8-14)12-3-1-11(2-4-12)9-10-16(20)21/h1-10,20-21H/b10-9+. The maximum atomic E-state index is 12.5. The minimum Gasteiger partial charge on any atom is -0.424 e. The predicted octanol–water partition coefficient (Wildman–Crippen LogP) is 3.40. The maximum absolute atomic E-state index is 12.5. The van der Waals surface area contributed by atoms with Crippen LogP contribution in [0, 0.1) is 0 Å². The lowest BCUT2D eigenvalue weighted by molar-refractivity contribution is -0.137. The first-order valence-corrected chi connectivity index (χ1v) is 6.18. The van der Waals surface area contributed by atoms with E-state index in [9.17, 15) is 13.2 Å². The molecule has 2 aromatic carbocycles. The van der Waals surface area contributed by atoms with Gasteiger partial charge in [-0.25, -0.2) is 0 Å². The molecule has 2 nitrogen and oxygen atoms in total. The average molecular weight is 292 g/mol. The SMILES string of the molecule is OB(O)/C=C/c1ccc(-c2ccc(C(F)(F)F)cc2)cc1. The summed E-state index contributed by atoms with van der Waals surface area (Å²) < 4.78 is 37.4. The van der Waals surface area contributed by atoms with Gasteiger partial charge in [-0.3, -0.25) is 0 Å². The quantitative estimate of drug-likeness (QED) is 0.851. The van der Waals surface area contributed by atoms with E-state index in [1.165, 1.54) is 18.1 Å². The molecule has 0 saturated heterocycles. The molecule has 0 atom stereocenters. The van der Waals surface area contributed by atoms with E-state index >= 15 is 0 Å². The van der Waals surface area contributed by atoms with E-state index in [1.54, 1.807) is 30.3 Å². The Labute approximate surface area is 120 Å².